The average molecular weight is 411 g/mol. The summed E-state index contributed by atoms with van der Waals surface area (Å²) in [4.78, 5) is 12.9. The van der Waals surface area contributed by atoms with Gasteiger partial charge in [0.15, 0.2) is 0 Å². The van der Waals surface area contributed by atoms with Crippen LogP contribution in [0.25, 0.3) is 0 Å². The van der Waals surface area contributed by atoms with Gasteiger partial charge in [-0.05, 0) is 98.7 Å². The number of phenols is 1. The van der Waals surface area contributed by atoms with Gasteiger partial charge in [-0.3, -0.25) is 4.79 Å². The van der Waals surface area contributed by atoms with Crippen LogP contribution >= 0.6 is 11.6 Å². The maximum absolute atomic E-state index is 12.9. The van der Waals surface area contributed by atoms with Crippen molar-refractivity contribution in [1.29, 1.82) is 0 Å². The number of nitrogens with one attached hydrogen (secondary N) is 2. The van der Waals surface area contributed by atoms with Gasteiger partial charge in [0.2, 0.25) is 0 Å². The molecule has 29 heavy (non-hydrogen) atoms. The lowest BCUT2D eigenvalue weighted by molar-refractivity contribution is -0.0167. The lowest BCUT2D eigenvalue weighted by Gasteiger charge is -2.56. The van der Waals surface area contributed by atoms with Crippen molar-refractivity contribution in [3.63, 3.8) is 0 Å². The van der Waals surface area contributed by atoms with Crippen molar-refractivity contribution in [2.24, 2.45) is 17.8 Å². The Labute approximate surface area is 176 Å². The van der Waals surface area contributed by atoms with E-state index >= 15 is 0 Å². The van der Waals surface area contributed by atoms with Gasteiger partial charge in [0.1, 0.15) is 5.75 Å². The van der Waals surface area contributed by atoms with E-state index in [1.54, 1.807) is 18.2 Å². The van der Waals surface area contributed by atoms with Crippen LogP contribution in [0.4, 0.5) is 5.69 Å². The summed E-state index contributed by atoms with van der Waals surface area (Å²) in [6.45, 7) is 0.464. The highest BCUT2D eigenvalue weighted by Gasteiger charge is 2.51. The predicted molar refractivity (Wildman–Crippen MR) is 115 cm³/mol. The van der Waals surface area contributed by atoms with Gasteiger partial charge in [0.05, 0.1) is 0 Å². The first-order valence-corrected chi connectivity index (χ1v) is 11.0. The highest BCUT2D eigenvalue weighted by molar-refractivity contribution is 6.30. The van der Waals surface area contributed by atoms with Gasteiger partial charge in [-0.25, -0.2) is 0 Å². The maximum Gasteiger partial charge on any atom is 0.251 e. The zero-order chi connectivity index (χ0) is 20.0. The SMILES string of the molecule is O=C(NC12CC3CC(CC(C3)C1)C2)c1ccc(NCc2cc(Cl)ccc2O)cc1. The van der Waals surface area contributed by atoms with Crippen molar-refractivity contribution in [3.8, 4) is 5.75 Å². The zero-order valence-corrected chi connectivity index (χ0v) is 17.2. The number of phenolic OH excluding ortho intramolecular Hbond substituents is 1. The first-order valence-electron chi connectivity index (χ1n) is 10.6. The lowest BCUT2D eigenvalue weighted by Crippen LogP contribution is -2.59. The number of aromatic hydroxyl groups is 1. The number of hydrogen-bond acceptors (Lipinski definition) is 3. The average Bonchev–Trinajstić information content (AvgIpc) is 2.67. The minimum absolute atomic E-state index is 0.0346. The molecule has 0 aliphatic heterocycles. The van der Waals surface area contributed by atoms with E-state index in [1.807, 2.05) is 24.3 Å². The molecule has 2 aromatic carbocycles. The number of halogens is 1. The Kier molecular flexibility index (Phi) is 4.70. The van der Waals surface area contributed by atoms with Crippen LogP contribution in [0.1, 0.15) is 54.4 Å². The molecule has 4 aliphatic rings. The quantitative estimate of drug-likeness (QED) is 0.622. The smallest absolute Gasteiger partial charge is 0.251 e. The van der Waals surface area contributed by atoms with E-state index in [0.717, 1.165) is 48.3 Å². The molecule has 0 aromatic heterocycles. The summed E-state index contributed by atoms with van der Waals surface area (Å²) in [5.41, 5.74) is 2.38. The molecule has 0 saturated heterocycles. The van der Waals surface area contributed by atoms with E-state index in [0.29, 0.717) is 17.1 Å². The Bertz CT molecular complexity index is 890. The van der Waals surface area contributed by atoms with Crippen molar-refractivity contribution in [2.45, 2.75) is 50.6 Å². The number of carbonyl (C=O) groups is 1. The molecule has 0 atom stereocenters. The van der Waals surface area contributed by atoms with Crippen molar-refractivity contribution >= 4 is 23.2 Å². The van der Waals surface area contributed by atoms with E-state index in [9.17, 15) is 9.90 Å². The summed E-state index contributed by atoms with van der Waals surface area (Å²) >= 11 is 6.00. The van der Waals surface area contributed by atoms with Gasteiger partial charge in [-0.1, -0.05) is 11.6 Å². The maximum atomic E-state index is 12.9. The topological polar surface area (TPSA) is 61.4 Å². The summed E-state index contributed by atoms with van der Waals surface area (Å²) in [5.74, 6) is 2.71. The van der Waals surface area contributed by atoms with Crippen molar-refractivity contribution in [2.75, 3.05) is 5.32 Å². The Morgan fingerprint density at radius 2 is 1.62 bits per heavy atom. The van der Waals surface area contributed by atoms with Crippen LogP contribution in [0.3, 0.4) is 0 Å². The van der Waals surface area contributed by atoms with Crippen molar-refractivity contribution in [1.82, 2.24) is 5.32 Å². The van der Waals surface area contributed by atoms with Crippen LogP contribution in [0.5, 0.6) is 5.75 Å². The standard InChI is InChI=1S/C24H27ClN2O2/c25-20-3-6-22(28)19(10-20)14-26-21-4-1-18(2-5-21)23(29)27-24-11-15-7-16(12-24)9-17(8-15)13-24/h1-6,10,15-17,26,28H,7-9,11-14H2,(H,27,29). The third-order valence-electron chi connectivity index (χ3n) is 7.09. The summed E-state index contributed by atoms with van der Waals surface area (Å²) in [7, 11) is 0. The fourth-order valence-electron chi connectivity index (χ4n) is 6.21. The monoisotopic (exact) mass is 410 g/mol. The highest BCUT2D eigenvalue weighted by Crippen LogP contribution is 2.55. The first kappa shape index (κ1) is 18.8. The molecule has 0 heterocycles. The summed E-state index contributed by atoms with van der Waals surface area (Å²) in [6.07, 6.45) is 7.60. The number of amides is 1. The molecule has 4 aliphatic carbocycles. The van der Waals surface area contributed by atoms with Gasteiger partial charge in [0.25, 0.3) is 5.91 Å². The molecule has 0 radical (unpaired) electrons. The highest BCUT2D eigenvalue weighted by atomic mass is 35.5. The van der Waals surface area contributed by atoms with E-state index in [4.69, 9.17) is 11.6 Å². The van der Waals surface area contributed by atoms with Crippen LogP contribution < -0.4 is 10.6 Å². The molecule has 4 fully saturated rings. The number of benzene rings is 2. The molecule has 1 amide bonds. The minimum Gasteiger partial charge on any atom is -0.508 e. The molecule has 152 valence electrons. The Morgan fingerprint density at radius 1 is 1.00 bits per heavy atom. The predicted octanol–water partition coefficient (Wildman–Crippen LogP) is 5.36. The minimum atomic E-state index is 0.0346. The van der Waals surface area contributed by atoms with Crippen LogP contribution in [0.15, 0.2) is 42.5 Å². The normalized spacial score (nSPS) is 29.6. The van der Waals surface area contributed by atoms with Gasteiger partial charge in [0, 0.05) is 33.9 Å². The molecule has 2 aromatic rings. The van der Waals surface area contributed by atoms with Crippen LogP contribution in [-0.4, -0.2) is 16.6 Å². The van der Waals surface area contributed by atoms with Gasteiger partial charge in [-0.2, -0.15) is 0 Å². The molecule has 6 rings (SSSR count). The Balaban J connectivity index is 1.22. The van der Waals surface area contributed by atoms with Crippen LogP contribution in [0, 0.1) is 17.8 Å². The molecule has 3 N–H and O–H groups in total. The fourth-order valence-corrected chi connectivity index (χ4v) is 6.40. The fraction of sp³-hybridized carbons (Fsp3) is 0.458. The lowest BCUT2D eigenvalue weighted by atomic mass is 9.53. The van der Waals surface area contributed by atoms with E-state index in [2.05, 4.69) is 10.6 Å². The first-order chi connectivity index (χ1) is 14.0. The van der Waals surface area contributed by atoms with Gasteiger partial charge < -0.3 is 15.7 Å². The largest absolute Gasteiger partial charge is 0.508 e. The molecule has 0 unspecified atom stereocenters. The third kappa shape index (κ3) is 3.83. The van der Waals surface area contributed by atoms with Gasteiger partial charge in [-0.15, -0.1) is 0 Å². The Hall–Kier alpha value is -2.20. The number of rotatable bonds is 5. The Morgan fingerprint density at radius 3 is 2.24 bits per heavy atom. The molecular weight excluding hydrogens is 384 g/mol. The molecule has 4 saturated carbocycles. The van der Waals surface area contributed by atoms with Crippen molar-refractivity contribution < 1.29 is 9.90 Å². The second-order valence-corrected chi connectivity index (χ2v) is 9.79. The second-order valence-electron chi connectivity index (χ2n) is 9.36. The third-order valence-corrected chi connectivity index (χ3v) is 7.32. The second kappa shape index (κ2) is 7.24. The van der Waals surface area contributed by atoms with Gasteiger partial charge >= 0.3 is 0 Å². The zero-order valence-electron chi connectivity index (χ0n) is 16.5. The summed E-state index contributed by atoms with van der Waals surface area (Å²) < 4.78 is 0. The molecule has 5 heteroatoms. The van der Waals surface area contributed by atoms with Crippen LogP contribution in [-0.2, 0) is 6.54 Å². The number of carbonyl (C=O) groups excluding carboxylic acids is 1. The number of hydrogen-bond donors (Lipinski definition) is 3. The van der Waals surface area contributed by atoms with Crippen LogP contribution in [0.2, 0.25) is 5.02 Å². The van der Waals surface area contributed by atoms with E-state index in [-0.39, 0.29) is 17.2 Å². The number of anilines is 1. The van der Waals surface area contributed by atoms with Crippen molar-refractivity contribution in [3.05, 3.63) is 58.6 Å². The molecule has 4 nitrogen and oxygen atoms in total. The van der Waals surface area contributed by atoms with E-state index < -0.39 is 0 Å². The van der Waals surface area contributed by atoms with E-state index in [1.165, 1.54) is 19.3 Å². The molecule has 0 spiro atoms. The molecular formula is C24H27ClN2O2. The summed E-state index contributed by atoms with van der Waals surface area (Å²) in [6, 6.07) is 12.6. The summed E-state index contributed by atoms with van der Waals surface area (Å²) in [5, 5.41) is 17.2. The molecule has 4 bridgehead atoms.